The van der Waals surface area contributed by atoms with Crippen molar-refractivity contribution in [2.75, 3.05) is 7.05 Å². The summed E-state index contributed by atoms with van der Waals surface area (Å²) in [5.74, 6) is 0. The number of nitrogens with one attached hydrogen (secondary N) is 1. The van der Waals surface area contributed by atoms with Crippen LogP contribution in [0.15, 0.2) is 12.3 Å². The molecule has 0 aromatic rings. The molecule has 1 nitrogen and oxygen atoms in total. The lowest BCUT2D eigenvalue weighted by Crippen LogP contribution is -2.12. The molecule has 1 rings (SSSR count). The largest absolute Gasteiger partial charge is 0.391 e. The van der Waals surface area contributed by atoms with Crippen LogP contribution in [-0.2, 0) is 0 Å². The first-order chi connectivity index (χ1) is 3.69. The smallest absolute Gasteiger partial charge is 0.00912 e. The van der Waals surface area contributed by atoms with Crippen LogP contribution in [0, 0.1) is 5.41 Å². The van der Waals surface area contributed by atoms with Crippen molar-refractivity contribution in [1.29, 1.82) is 0 Å². The number of allylic oxidation sites excluding steroid dienone is 1. The Morgan fingerprint density at radius 2 is 2.12 bits per heavy atom. The van der Waals surface area contributed by atoms with Gasteiger partial charge in [0.25, 0.3) is 0 Å². The SMILES string of the molecule is C=C(NC)C1(C)CC1. The monoisotopic (exact) mass is 111 g/mol. The number of rotatable bonds is 2. The van der Waals surface area contributed by atoms with E-state index >= 15 is 0 Å². The van der Waals surface area contributed by atoms with E-state index in [0.717, 1.165) is 0 Å². The fourth-order valence-corrected chi connectivity index (χ4v) is 0.791. The lowest BCUT2D eigenvalue weighted by Gasteiger charge is -2.10. The Bertz CT molecular complexity index is 112. The van der Waals surface area contributed by atoms with Crippen LogP contribution in [0.4, 0.5) is 0 Å². The van der Waals surface area contributed by atoms with Gasteiger partial charge in [0, 0.05) is 18.2 Å². The van der Waals surface area contributed by atoms with Crippen LogP contribution in [0.1, 0.15) is 19.8 Å². The average Bonchev–Trinajstić information content (AvgIpc) is 2.47. The second-order valence-electron chi connectivity index (χ2n) is 2.79. The van der Waals surface area contributed by atoms with E-state index in [-0.39, 0.29) is 0 Å². The molecule has 1 saturated carbocycles. The van der Waals surface area contributed by atoms with E-state index < -0.39 is 0 Å². The molecule has 0 aromatic heterocycles. The fraction of sp³-hybridized carbons (Fsp3) is 0.714. The van der Waals surface area contributed by atoms with Crippen LogP contribution in [0.25, 0.3) is 0 Å². The minimum atomic E-state index is 0.453. The van der Waals surface area contributed by atoms with E-state index in [1.807, 2.05) is 7.05 Å². The van der Waals surface area contributed by atoms with Crippen molar-refractivity contribution in [3.63, 3.8) is 0 Å². The fourth-order valence-electron chi connectivity index (χ4n) is 0.791. The summed E-state index contributed by atoms with van der Waals surface area (Å²) in [5, 5.41) is 3.07. The van der Waals surface area contributed by atoms with E-state index in [4.69, 9.17) is 0 Å². The summed E-state index contributed by atoms with van der Waals surface area (Å²) in [6.07, 6.45) is 2.62. The molecule has 0 aliphatic heterocycles. The minimum absolute atomic E-state index is 0.453. The van der Waals surface area contributed by atoms with Crippen LogP contribution < -0.4 is 5.32 Å². The van der Waals surface area contributed by atoms with Crippen molar-refractivity contribution in [3.8, 4) is 0 Å². The molecule has 1 aliphatic carbocycles. The van der Waals surface area contributed by atoms with Gasteiger partial charge in [0.2, 0.25) is 0 Å². The first-order valence-electron chi connectivity index (χ1n) is 3.06. The Labute approximate surface area is 50.8 Å². The topological polar surface area (TPSA) is 12.0 Å². The van der Waals surface area contributed by atoms with E-state index in [1.165, 1.54) is 18.5 Å². The van der Waals surface area contributed by atoms with Gasteiger partial charge in [0.1, 0.15) is 0 Å². The zero-order valence-corrected chi connectivity index (χ0v) is 5.62. The molecule has 0 saturated heterocycles. The molecule has 8 heavy (non-hydrogen) atoms. The summed E-state index contributed by atoms with van der Waals surface area (Å²) in [6.45, 7) is 6.14. The van der Waals surface area contributed by atoms with Crippen molar-refractivity contribution in [2.45, 2.75) is 19.8 Å². The molecule has 0 amide bonds. The summed E-state index contributed by atoms with van der Waals surface area (Å²) in [7, 11) is 1.94. The van der Waals surface area contributed by atoms with Crippen LogP contribution in [0.5, 0.6) is 0 Å². The Hall–Kier alpha value is -0.460. The predicted octanol–water partition coefficient (Wildman–Crippen LogP) is 1.52. The van der Waals surface area contributed by atoms with E-state index in [9.17, 15) is 0 Å². The Morgan fingerprint density at radius 3 is 2.25 bits per heavy atom. The Morgan fingerprint density at radius 1 is 1.62 bits per heavy atom. The lowest BCUT2D eigenvalue weighted by molar-refractivity contribution is 0.636. The van der Waals surface area contributed by atoms with Gasteiger partial charge in [0.15, 0.2) is 0 Å². The Kier molecular flexibility index (Phi) is 1.07. The van der Waals surface area contributed by atoms with Gasteiger partial charge >= 0.3 is 0 Å². The molecule has 0 bridgehead atoms. The van der Waals surface area contributed by atoms with Crippen molar-refractivity contribution < 1.29 is 0 Å². The van der Waals surface area contributed by atoms with Crippen molar-refractivity contribution in [1.82, 2.24) is 5.32 Å². The van der Waals surface area contributed by atoms with Gasteiger partial charge in [-0.15, -0.1) is 0 Å². The zero-order valence-electron chi connectivity index (χ0n) is 5.62. The van der Waals surface area contributed by atoms with Gasteiger partial charge in [-0.2, -0.15) is 0 Å². The molecule has 0 aromatic carbocycles. The lowest BCUT2D eigenvalue weighted by atomic mass is 10.1. The van der Waals surface area contributed by atoms with Crippen LogP contribution >= 0.6 is 0 Å². The third-order valence-corrected chi connectivity index (χ3v) is 2.03. The molecule has 0 unspecified atom stereocenters. The second-order valence-corrected chi connectivity index (χ2v) is 2.79. The normalized spacial score (nSPS) is 22.2. The highest BCUT2D eigenvalue weighted by Gasteiger charge is 2.39. The third-order valence-electron chi connectivity index (χ3n) is 2.03. The molecule has 0 heterocycles. The van der Waals surface area contributed by atoms with Gasteiger partial charge in [-0.3, -0.25) is 0 Å². The summed E-state index contributed by atoms with van der Waals surface area (Å²) >= 11 is 0. The highest BCUT2D eigenvalue weighted by Crippen LogP contribution is 2.49. The summed E-state index contributed by atoms with van der Waals surface area (Å²) < 4.78 is 0. The van der Waals surface area contributed by atoms with Gasteiger partial charge < -0.3 is 5.32 Å². The third kappa shape index (κ3) is 0.726. The van der Waals surface area contributed by atoms with E-state index in [2.05, 4.69) is 18.8 Å². The molecule has 1 heteroatoms. The quantitative estimate of drug-likeness (QED) is 0.569. The highest BCUT2D eigenvalue weighted by atomic mass is 14.9. The van der Waals surface area contributed by atoms with Crippen LogP contribution in [0.3, 0.4) is 0 Å². The molecule has 1 fully saturated rings. The first kappa shape index (κ1) is 5.67. The maximum Gasteiger partial charge on any atom is 0.00912 e. The summed E-state index contributed by atoms with van der Waals surface area (Å²) in [5.41, 5.74) is 1.65. The van der Waals surface area contributed by atoms with E-state index in [0.29, 0.717) is 5.41 Å². The van der Waals surface area contributed by atoms with E-state index in [1.54, 1.807) is 0 Å². The maximum absolute atomic E-state index is 3.90. The molecule has 0 spiro atoms. The molecule has 46 valence electrons. The van der Waals surface area contributed by atoms with Crippen LogP contribution in [-0.4, -0.2) is 7.05 Å². The average molecular weight is 111 g/mol. The highest BCUT2D eigenvalue weighted by molar-refractivity contribution is 5.14. The predicted molar refractivity (Wildman–Crippen MR) is 35.5 cm³/mol. The molecule has 1 N–H and O–H groups in total. The molecule has 0 atom stereocenters. The van der Waals surface area contributed by atoms with Gasteiger partial charge in [-0.25, -0.2) is 0 Å². The standard InChI is InChI=1S/C7H13N/c1-6(8-3)7(2)4-5-7/h8H,1,4-5H2,2-3H3. The second kappa shape index (κ2) is 1.51. The summed E-state index contributed by atoms with van der Waals surface area (Å²) in [4.78, 5) is 0. The molecule has 0 radical (unpaired) electrons. The summed E-state index contributed by atoms with van der Waals surface area (Å²) in [6, 6.07) is 0. The van der Waals surface area contributed by atoms with Crippen LogP contribution in [0.2, 0.25) is 0 Å². The zero-order chi connectivity index (χ0) is 6.20. The minimum Gasteiger partial charge on any atom is -0.391 e. The van der Waals surface area contributed by atoms with Crippen molar-refractivity contribution in [3.05, 3.63) is 12.3 Å². The van der Waals surface area contributed by atoms with Gasteiger partial charge in [0.05, 0.1) is 0 Å². The maximum atomic E-state index is 3.90. The molecular formula is C7H13N. The molecular weight excluding hydrogens is 98.1 g/mol. The number of hydrogen-bond acceptors (Lipinski definition) is 1. The van der Waals surface area contributed by atoms with Gasteiger partial charge in [-0.05, 0) is 12.8 Å². The van der Waals surface area contributed by atoms with Crippen molar-refractivity contribution >= 4 is 0 Å². The first-order valence-corrected chi connectivity index (χ1v) is 3.06. The van der Waals surface area contributed by atoms with Gasteiger partial charge in [-0.1, -0.05) is 13.5 Å². The molecule has 1 aliphatic rings. The Balaban J connectivity index is 2.46. The number of hydrogen-bond donors (Lipinski definition) is 1. The van der Waals surface area contributed by atoms with Crippen molar-refractivity contribution in [2.24, 2.45) is 5.41 Å².